The molecule has 0 radical (unpaired) electrons. The summed E-state index contributed by atoms with van der Waals surface area (Å²) in [7, 11) is 0. The molecule has 0 N–H and O–H groups in total. The van der Waals surface area contributed by atoms with Crippen LogP contribution in [0.3, 0.4) is 0 Å². The zero-order chi connectivity index (χ0) is 15.7. The Kier molecular flexibility index (Phi) is 4.02. The molecular weight excluding hydrogens is 264 g/mol. The van der Waals surface area contributed by atoms with Gasteiger partial charge in [0.1, 0.15) is 0 Å². The molecule has 0 saturated heterocycles. The standard InChI is InChI=1S/C22H24/c1-15-9-16(2)12-20(11-15)22(19-7-5-6-8-19)21-13-17(3)10-18(4)14-21/h5-7,9-14,22H,8H2,1-4H3. The minimum atomic E-state index is 0.368. The molecule has 2 aromatic carbocycles. The van der Waals surface area contributed by atoms with Crippen molar-refractivity contribution in [2.75, 3.05) is 0 Å². The van der Waals surface area contributed by atoms with E-state index in [9.17, 15) is 0 Å². The minimum Gasteiger partial charge on any atom is -0.0804 e. The van der Waals surface area contributed by atoms with Gasteiger partial charge in [-0.05, 0) is 45.2 Å². The van der Waals surface area contributed by atoms with E-state index >= 15 is 0 Å². The van der Waals surface area contributed by atoms with Gasteiger partial charge in [0.2, 0.25) is 0 Å². The summed E-state index contributed by atoms with van der Waals surface area (Å²) in [4.78, 5) is 0. The van der Waals surface area contributed by atoms with Crippen LogP contribution in [-0.4, -0.2) is 0 Å². The van der Waals surface area contributed by atoms with Crippen molar-refractivity contribution in [3.05, 3.63) is 93.6 Å². The number of aryl methyl sites for hydroxylation is 4. The highest BCUT2D eigenvalue weighted by Gasteiger charge is 2.20. The second-order valence-electron chi connectivity index (χ2n) is 6.65. The number of allylic oxidation sites excluding steroid dienone is 4. The lowest BCUT2D eigenvalue weighted by Crippen LogP contribution is -2.05. The van der Waals surface area contributed by atoms with Crippen molar-refractivity contribution in [1.82, 2.24) is 0 Å². The van der Waals surface area contributed by atoms with Gasteiger partial charge in [0.15, 0.2) is 0 Å². The zero-order valence-corrected chi connectivity index (χ0v) is 14.0. The average molecular weight is 288 g/mol. The van der Waals surface area contributed by atoms with E-state index in [1.165, 1.54) is 39.0 Å². The van der Waals surface area contributed by atoms with E-state index in [2.05, 4.69) is 82.3 Å². The molecule has 0 bridgehead atoms. The Balaban J connectivity index is 2.15. The predicted molar refractivity (Wildman–Crippen MR) is 95.5 cm³/mol. The van der Waals surface area contributed by atoms with Crippen molar-refractivity contribution < 1.29 is 0 Å². The van der Waals surface area contributed by atoms with Gasteiger partial charge >= 0.3 is 0 Å². The maximum atomic E-state index is 2.34. The van der Waals surface area contributed by atoms with Gasteiger partial charge in [0.05, 0.1) is 0 Å². The summed E-state index contributed by atoms with van der Waals surface area (Å²) >= 11 is 0. The third kappa shape index (κ3) is 3.06. The molecule has 112 valence electrons. The Bertz CT molecular complexity index is 668. The largest absolute Gasteiger partial charge is 0.0804 e. The molecule has 0 fully saturated rings. The van der Waals surface area contributed by atoms with Crippen molar-refractivity contribution in [3.63, 3.8) is 0 Å². The van der Waals surface area contributed by atoms with Gasteiger partial charge in [-0.3, -0.25) is 0 Å². The molecule has 0 amide bonds. The van der Waals surface area contributed by atoms with Gasteiger partial charge < -0.3 is 0 Å². The van der Waals surface area contributed by atoms with Crippen LogP contribution >= 0.6 is 0 Å². The summed E-state index contributed by atoms with van der Waals surface area (Å²) in [6.45, 7) is 8.76. The molecule has 0 nitrogen and oxygen atoms in total. The van der Waals surface area contributed by atoms with Crippen molar-refractivity contribution in [2.24, 2.45) is 0 Å². The van der Waals surface area contributed by atoms with Gasteiger partial charge in [-0.15, -0.1) is 0 Å². The van der Waals surface area contributed by atoms with Crippen LogP contribution < -0.4 is 0 Å². The molecule has 0 saturated carbocycles. The molecule has 0 heteroatoms. The van der Waals surface area contributed by atoms with Crippen LogP contribution in [0.15, 0.2) is 60.2 Å². The summed E-state index contributed by atoms with van der Waals surface area (Å²) in [6, 6.07) is 13.9. The third-order valence-electron chi connectivity index (χ3n) is 4.33. The van der Waals surface area contributed by atoms with Gasteiger partial charge in [-0.1, -0.05) is 82.5 Å². The molecule has 0 unspecified atom stereocenters. The lowest BCUT2D eigenvalue weighted by Gasteiger charge is -2.22. The normalized spacial score (nSPS) is 13.8. The Morgan fingerprint density at radius 1 is 0.682 bits per heavy atom. The highest BCUT2D eigenvalue weighted by Crippen LogP contribution is 2.37. The molecule has 2 aromatic rings. The number of rotatable bonds is 3. The molecule has 3 rings (SSSR count). The average Bonchev–Trinajstić information content (AvgIpc) is 2.90. The highest BCUT2D eigenvalue weighted by atomic mass is 14.2. The fourth-order valence-electron chi connectivity index (χ4n) is 3.65. The van der Waals surface area contributed by atoms with E-state index in [0.717, 1.165) is 6.42 Å². The first-order valence-electron chi connectivity index (χ1n) is 8.05. The third-order valence-corrected chi connectivity index (χ3v) is 4.33. The van der Waals surface area contributed by atoms with Gasteiger partial charge in [-0.2, -0.15) is 0 Å². The Morgan fingerprint density at radius 2 is 1.14 bits per heavy atom. The van der Waals surface area contributed by atoms with E-state index < -0.39 is 0 Å². The molecule has 0 aliphatic heterocycles. The first kappa shape index (κ1) is 14.8. The molecule has 0 spiro atoms. The van der Waals surface area contributed by atoms with Crippen molar-refractivity contribution >= 4 is 0 Å². The van der Waals surface area contributed by atoms with E-state index in [4.69, 9.17) is 0 Å². The molecule has 0 aromatic heterocycles. The Hall–Kier alpha value is -2.08. The predicted octanol–water partition coefficient (Wildman–Crippen LogP) is 5.94. The Labute approximate surface area is 134 Å². The van der Waals surface area contributed by atoms with Crippen LogP contribution in [0.1, 0.15) is 45.7 Å². The fourth-order valence-corrected chi connectivity index (χ4v) is 3.65. The summed E-state index contributed by atoms with van der Waals surface area (Å²) in [5, 5.41) is 0. The van der Waals surface area contributed by atoms with Crippen LogP contribution in [0.4, 0.5) is 0 Å². The fraction of sp³-hybridized carbons (Fsp3) is 0.273. The first-order chi connectivity index (χ1) is 10.5. The number of benzene rings is 2. The number of hydrogen-bond acceptors (Lipinski definition) is 0. The van der Waals surface area contributed by atoms with Crippen LogP contribution in [0.5, 0.6) is 0 Å². The summed E-state index contributed by atoms with van der Waals surface area (Å²) in [5.74, 6) is 0.368. The lowest BCUT2D eigenvalue weighted by molar-refractivity contribution is 0.911. The topological polar surface area (TPSA) is 0 Å². The molecule has 0 atom stereocenters. The smallest absolute Gasteiger partial charge is 0.0305 e. The van der Waals surface area contributed by atoms with E-state index in [1.54, 1.807) is 0 Å². The van der Waals surface area contributed by atoms with Crippen LogP contribution in [0.25, 0.3) is 0 Å². The van der Waals surface area contributed by atoms with Gasteiger partial charge in [0.25, 0.3) is 0 Å². The van der Waals surface area contributed by atoms with Crippen LogP contribution in [0.2, 0.25) is 0 Å². The SMILES string of the molecule is Cc1cc(C)cc(C(C2=CC=CC2)c2cc(C)cc(C)c2)c1. The van der Waals surface area contributed by atoms with E-state index in [1.807, 2.05) is 0 Å². The summed E-state index contributed by atoms with van der Waals surface area (Å²) in [5.41, 5.74) is 9.70. The molecule has 22 heavy (non-hydrogen) atoms. The van der Waals surface area contributed by atoms with Gasteiger partial charge in [-0.25, -0.2) is 0 Å². The Morgan fingerprint density at radius 3 is 1.50 bits per heavy atom. The number of hydrogen-bond donors (Lipinski definition) is 0. The van der Waals surface area contributed by atoms with Gasteiger partial charge in [0, 0.05) is 5.92 Å². The van der Waals surface area contributed by atoms with Crippen LogP contribution in [-0.2, 0) is 0 Å². The van der Waals surface area contributed by atoms with Crippen molar-refractivity contribution in [2.45, 2.75) is 40.0 Å². The summed E-state index contributed by atoms with van der Waals surface area (Å²) < 4.78 is 0. The quantitative estimate of drug-likeness (QED) is 0.655. The van der Waals surface area contributed by atoms with Crippen molar-refractivity contribution in [3.8, 4) is 0 Å². The lowest BCUT2D eigenvalue weighted by atomic mass is 9.82. The van der Waals surface area contributed by atoms with Crippen LogP contribution in [0, 0.1) is 27.7 Å². The second kappa shape index (κ2) is 5.96. The maximum Gasteiger partial charge on any atom is 0.0305 e. The van der Waals surface area contributed by atoms with Crippen molar-refractivity contribution in [1.29, 1.82) is 0 Å². The molecule has 1 aliphatic rings. The minimum absolute atomic E-state index is 0.368. The summed E-state index contributed by atoms with van der Waals surface area (Å²) in [6.07, 6.45) is 7.80. The second-order valence-corrected chi connectivity index (χ2v) is 6.65. The zero-order valence-electron chi connectivity index (χ0n) is 14.0. The first-order valence-corrected chi connectivity index (χ1v) is 8.05. The maximum absolute atomic E-state index is 2.34. The molecule has 0 heterocycles. The van der Waals surface area contributed by atoms with E-state index in [0.29, 0.717) is 5.92 Å². The molecule has 1 aliphatic carbocycles. The highest BCUT2D eigenvalue weighted by molar-refractivity contribution is 5.48. The van der Waals surface area contributed by atoms with E-state index in [-0.39, 0.29) is 0 Å². The monoisotopic (exact) mass is 288 g/mol. The molecular formula is C22H24.